The van der Waals surface area contributed by atoms with Crippen LogP contribution < -0.4 is 10.4 Å². The lowest BCUT2D eigenvalue weighted by atomic mass is 10.0. The lowest BCUT2D eigenvalue weighted by Crippen LogP contribution is -2.21. The Morgan fingerprint density at radius 1 is 1.09 bits per heavy atom. The quantitative estimate of drug-likeness (QED) is 0.407. The van der Waals surface area contributed by atoms with Crippen LogP contribution in [0.2, 0.25) is 0 Å². The molecule has 4 heterocycles. The summed E-state index contributed by atoms with van der Waals surface area (Å²) in [7, 11) is 1.77. The fraction of sp³-hybridized carbons (Fsp3) is 0.280. The van der Waals surface area contributed by atoms with Crippen molar-refractivity contribution in [2.45, 2.75) is 40.3 Å². The number of nitrogens with zero attached hydrogens (tertiary/aromatic N) is 6. The summed E-state index contributed by atoms with van der Waals surface area (Å²) < 4.78 is 11.0. The van der Waals surface area contributed by atoms with Gasteiger partial charge in [0.15, 0.2) is 0 Å². The fourth-order valence-corrected chi connectivity index (χ4v) is 4.20. The van der Waals surface area contributed by atoms with Crippen LogP contribution in [0.3, 0.4) is 0 Å². The first kappa shape index (κ1) is 20.9. The van der Waals surface area contributed by atoms with Crippen LogP contribution in [0.15, 0.2) is 53.8 Å². The van der Waals surface area contributed by atoms with E-state index >= 15 is 0 Å². The summed E-state index contributed by atoms with van der Waals surface area (Å²) in [6, 6.07) is 8.04. The number of aromatic nitrogens is 6. The number of fused-ring (bicyclic) bond motifs is 3. The van der Waals surface area contributed by atoms with Crippen molar-refractivity contribution in [2.24, 2.45) is 7.05 Å². The predicted molar refractivity (Wildman–Crippen MR) is 129 cm³/mol. The second-order valence-electron chi connectivity index (χ2n) is 8.43. The van der Waals surface area contributed by atoms with E-state index in [0.717, 1.165) is 56.7 Å². The minimum absolute atomic E-state index is 0.0634. The molecule has 1 aromatic carbocycles. The van der Waals surface area contributed by atoms with Crippen LogP contribution in [0.1, 0.15) is 26.5 Å². The molecule has 5 rings (SSSR count). The topological polar surface area (TPSA) is 79.8 Å². The average molecular weight is 443 g/mol. The van der Waals surface area contributed by atoms with Gasteiger partial charge in [-0.05, 0) is 51.5 Å². The third-order valence-corrected chi connectivity index (χ3v) is 5.79. The van der Waals surface area contributed by atoms with E-state index in [1.54, 1.807) is 28.6 Å². The van der Waals surface area contributed by atoms with Gasteiger partial charge in [-0.15, -0.1) is 0 Å². The van der Waals surface area contributed by atoms with E-state index in [4.69, 9.17) is 4.74 Å². The summed E-state index contributed by atoms with van der Waals surface area (Å²) in [4.78, 5) is 22.3. The molecule has 0 spiro atoms. The molecule has 168 valence electrons. The molecule has 0 aliphatic rings. The maximum atomic E-state index is 13.3. The van der Waals surface area contributed by atoms with Gasteiger partial charge in [-0.2, -0.15) is 5.10 Å². The molecule has 0 unspecified atom stereocenters. The Morgan fingerprint density at radius 3 is 2.64 bits per heavy atom. The average Bonchev–Trinajstić information content (AvgIpc) is 3.29. The Labute approximate surface area is 191 Å². The number of aryl methyl sites for hydroxylation is 3. The number of rotatable bonds is 5. The fourth-order valence-electron chi connectivity index (χ4n) is 4.20. The summed E-state index contributed by atoms with van der Waals surface area (Å²) in [5.74, 6) is 0.721. The van der Waals surface area contributed by atoms with Gasteiger partial charge < -0.3 is 4.74 Å². The molecule has 8 heteroatoms. The van der Waals surface area contributed by atoms with Crippen molar-refractivity contribution in [3.8, 4) is 22.6 Å². The summed E-state index contributed by atoms with van der Waals surface area (Å²) in [6.07, 6.45) is 7.27. The van der Waals surface area contributed by atoms with Gasteiger partial charge in [0, 0.05) is 36.9 Å². The molecule has 0 N–H and O–H groups in total. The third kappa shape index (κ3) is 3.47. The van der Waals surface area contributed by atoms with Gasteiger partial charge in [0.05, 0.1) is 46.4 Å². The standard InChI is InChI=1S/C25H26N6O2/c1-6-30-14-23(16(4)28-30)31-24-20-10-17(18-9-19(12-26-11-18)33-15(2)3)7-8-21(20)27-13-22(24)29(5)25(31)32/h7-15H,6H2,1-5H3. The van der Waals surface area contributed by atoms with Gasteiger partial charge in [0.1, 0.15) is 5.75 Å². The van der Waals surface area contributed by atoms with Crippen LogP contribution in [-0.4, -0.2) is 35.0 Å². The molecule has 0 atom stereocenters. The predicted octanol–water partition coefficient (Wildman–Crippen LogP) is 4.25. The van der Waals surface area contributed by atoms with E-state index in [1.807, 2.05) is 63.0 Å². The molecule has 0 aliphatic carbocycles. The van der Waals surface area contributed by atoms with Crippen LogP contribution in [0.25, 0.3) is 38.8 Å². The monoisotopic (exact) mass is 442 g/mol. The van der Waals surface area contributed by atoms with Crippen molar-refractivity contribution >= 4 is 21.9 Å². The normalized spacial score (nSPS) is 11.7. The molecule has 0 saturated carbocycles. The Kier molecular flexibility index (Phi) is 5.00. The first-order valence-electron chi connectivity index (χ1n) is 11.0. The van der Waals surface area contributed by atoms with Crippen molar-refractivity contribution in [1.29, 1.82) is 0 Å². The minimum Gasteiger partial charge on any atom is -0.489 e. The van der Waals surface area contributed by atoms with Crippen molar-refractivity contribution in [2.75, 3.05) is 0 Å². The van der Waals surface area contributed by atoms with E-state index < -0.39 is 0 Å². The molecule has 0 radical (unpaired) electrons. The highest BCUT2D eigenvalue weighted by atomic mass is 16.5. The second-order valence-corrected chi connectivity index (χ2v) is 8.43. The van der Waals surface area contributed by atoms with Crippen LogP contribution in [0, 0.1) is 6.92 Å². The largest absolute Gasteiger partial charge is 0.489 e. The molecule has 0 aliphatic heterocycles. The molecule has 0 saturated heterocycles. The highest BCUT2D eigenvalue weighted by molar-refractivity contribution is 6.04. The first-order valence-corrected chi connectivity index (χ1v) is 11.0. The number of ether oxygens (including phenoxy) is 1. The molecular formula is C25H26N6O2. The number of hydrogen-bond donors (Lipinski definition) is 0. The highest BCUT2D eigenvalue weighted by Gasteiger charge is 2.19. The Hall–Kier alpha value is -3.94. The Balaban J connectivity index is 1.78. The number of benzene rings is 1. The van der Waals surface area contributed by atoms with E-state index in [-0.39, 0.29) is 11.8 Å². The molecular weight excluding hydrogens is 416 g/mol. The molecule has 0 fully saturated rings. The van der Waals surface area contributed by atoms with Crippen LogP contribution in [0.5, 0.6) is 5.75 Å². The summed E-state index contributed by atoms with van der Waals surface area (Å²) >= 11 is 0. The van der Waals surface area contributed by atoms with Gasteiger partial charge in [-0.25, -0.2) is 4.79 Å². The molecule has 4 aromatic heterocycles. The Morgan fingerprint density at radius 2 is 1.91 bits per heavy atom. The van der Waals surface area contributed by atoms with Gasteiger partial charge in [0.2, 0.25) is 0 Å². The van der Waals surface area contributed by atoms with Gasteiger partial charge >= 0.3 is 5.69 Å². The zero-order chi connectivity index (χ0) is 23.3. The van der Waals surface area contributed by atoms with Gasteiger partial charge in [-0.1, -0.05) is 6.07 Å². The second kappa shape index (κ2) is 7.88. The van der Waals surface area contributed by atoms with Gasteiger partial charge in [-0.3, -0.25) is 23.8 Å². The Bertz CT molecular complexity index is 1560. The van der Waals surface area contributed by atoms with Crippen LogP contribution >= 0.6 is 0 Å². The SMILES string of the molecule is CCn1cc(-n2c(=O)n(C)c3cnc4ccc(-c5cncc(OC(C)C)c5)cc4c32)c(C)n1. The molecule has 33 heavy (non-hydrogen) atoms. The third-order valence-electron chi connectivity index (χ3n) is 5.79. The first-order chi connectivity index (χ1) is 15.9. The van der Waals surface area contributed by atoms with Crippen molar-refractivity contribution in [3.63, 3.8) is 0 Å². The smallest absolute Gasteiger partial charge is 0.333 e. The van der Waals surface area contributed by atoms with E-state index in [2.05, 4.69) is 21.1 Å². The highest BCUT2D eigenvalue weighted by Crippen LogP contribution is 2.31. The van der Waals surface area contributed by atoms with E-state index in [1.165, 1.54) is 0 Å². The van der Waals surface area contributed by atoms with Crippen molar-refractivity contribution in [3.05, 3.63) is 65.2 Å². The van der Waals surface area contributed by atoms with Crippen LogP contribution in [0.4, 0.5) is 0 Å². The molecule has 0 amide bonds. The number of hydrogen-bond acceptors (Lipinski definition) is 5. The lowest BCUT2D eigenvalue weighted by Gasteiger charge is -2.11. The van der Waals surface area contributed by atoms with Crippen molar-refractivity contribution < 1.29 is 4.74 Å². The van der Waals surface area contributed by atoms with Gasteiger partial charge in [0.25, 0.3) is 0 Å². The van der Waals surface area contributed by atoms with Crippen LogP contribution in [-0.2, 0) is 13.6 Å². The maximum absolute atomic E-state index is 13.3. The molecule has 5 aromatic rings. The maximum Gasteiger partial charge on any atom is 0.333 e. The summed E-state index contributed by atoms with van der Waals surface area (Å²) in [6.45, 7) is 8.66. The number of imidazole rings is 1. The number of pyridine rings is 2. The molecule has 0 bridgehead atoms. The van der Waals surface area contributed by atoms with Crippen molar-refractivity contribution in [1.82, 2.24) is 28.9 Å². The summed E-state index contributed by atoms with van der Waals surface area (Å²) in [5, 5.41) is 5.44. The summed E-state index contributed by atoms with van der Waals surface area (Å²) in [5.41, 5.74) is 5.76. The lowest BCUT2D eigenvalue weighted by molar-refractivity contribution is 0.241. The minimum atomic E-state index is -0.127. The zero-order valence-electron chi connectivity index (χ0n) is 19.4. The van der Waals surface area contributed by atoms with E-state index in [9.17, 15) is 4.79 Å². The molecule has 8 nitrogen and oxygen atoms in total. The van der Waals surface area contributed by atoms with E-state index in [0.29, 0.717) is 0 Å². The zero-order valence-corrected chi connectivity index (χ0v) is 19.4.